The quantitative estimate of drug-likeness (QED) is 0.296. The summed E-state index contributed by atoms with van der Waals surface area (Å²) < 4.78 is 2.04. The van der Waals surface area contributed by atoms with Crippen LogP contribution in [0.15, 0.2) is 15.7 Å². The molecule has 1 heterocycles. The van der Waals surface area contributed by atoms with Crippen LogP contribution >= 0.6 is 0 Å². The lowest BCUT2D eigenvalue weighted by molar-refractivity contribution is -0.111. The predicted molar refractivity (Wildman–Crippen MR) is 76.5 cm³/mol. The molecule has 0 aliphatic carbocycles. The zero-order valence-electron chi connectivity index (χ0n) is 12.2. The molecule has 0 saturated heterocycles. The fourth-order valence-electron chi connectivity index (χ4n) is 1.80. The Hall–Kier alpha value is -1.72. The molecule has 0 unspecified atom stereocenters. The van der Waals surface area contributed by atoms with Gasteiger partial charge >= 0.3 is 5.69 Å². The van der Waals surface area contributed by atoms with Gasteiger partial charge in [0.25, 0.3) is 5.56 Å². The van der Waals surface area contributed by atoms with Gasteiger partial charge < -0.3 is 30.8 Å². The molecule has 10 heteroatoms. The summed E-state index contributed by atoms with van der Waals surface area (Å²) in [7, 11) is 2.73. The summed E-state index contributed by atoms with van der Waals surface area (Å²) in [5.74, 6) is 0.122. The molecule has 6 N–H and O–H groups in total. The molecule has 126 valence electrons. The van der Waals surface area contributed by atoms with Crippen molar-refractivity contribution in [2.24, 2.45) is 14.1 Å². The third-order valence-corrected chi connectivity index (χ3v) is 3.34. The van der Waals surface area contributed by atoms with Crippen molar-refractivity contribution >= 4 is 5.82 Å². The molecule has 1 aromatic heterocycles. The second kappa shape index (κ2) is 7.51. The summed E-state index contributed by atoms with van der Waals surface area (Å²) in [4.78, 5) is 23.2. The van der Waals surface area contributed by atoms with Gasteiger partial charge in [0.1, 0.15) is 24.1 Å². The van der Waals surface area contributed by atoms with E-state index in [4.69, 9.17) is 5.11 Å². The number of nitrogens with one attached hydrogen (secondary N) is 1. The van der Waals surface area contributed by atoms with Crippen molar-refractivity contribution in [3.63, 3.8) is 0 Å². The number of rotatable bonds is 7. The minimum absolute atomic E-state index is 0.122. The Balaban J connectivity index is 2.79. The smallest absolute Gasteiger partial charge is 0.332 e. The highest BCUT2D eigenvalue weighted by atomic mass is 16.4. The SMILES string of the molecule is Cn1c(NC[C@H](O)[C@H](O)[C@@H](O)[C@@H](O)CO)cc(=O)n(C)c1=O. The van der Waals surface area contributed by atoms with Gasteiger partial charge in [-0.25, -0.2) is 4.79 Å². The molecular formula is C12H21N3O7. The first-order chi connectivity index (χ1) is 10.2. The lowest BCUT2D eigenvalue weighted by Gasteiger charge is -2.26. The van der Waals surface area contributed by atoms with E-state index in [1.165, 1.54) is 14.1 Å². The maximum Gasteiger partial charge on any atom is 0.332 e. The molecule has 1 rings (SSSR count). The van der Waals surface area contributed by atoms with E-state index < -0.39 is 42.3 Å². The normalized spacial score (nSPS) is 16.9. The highest BCUT2D eigenvalue weighted by molar-refractivity contribution is 5.34. The van der Waals surface area contributed by atoms with E-state index in [-0.39, 0.29) is 12.4 Å². The monoisotopic (exact) mass is 319 g/mol. The second-order valence-electron chi connectivity index (χ2n) is 4.95. The van der Waals surface area contributed by atoms with Crippen molar-refractivity contribution in [2.75, 3.05) is 18.5 Å². The van der Waals surface area contributed by atoms with Crippen LogP contribution in [-0.4, -0.2) is 72.2 Å². The van der Waals surface area contributed by atoms with Gasteiger partial charge in [-0.05, 0) is 0 Å². The third-order valence-electron chi connectivity index (χ3n) is 3.34. The fourth-order valence-corrected chi connectivity index (χ4v) is 1.80. The van der Waals surface area contributed by atoms with E-state index >= 15 is 0 Å². The van der Waals surface area contributed by atoms with Crippen LogP contribution in [0.3, 0.4) is 0 Å². The average Bonchev–Trinajstić information content (AvgIpc) is 2.52. The fraction of sp³-hybridized carbons (Fsp3) is 0.667. The van der Waals surface area contributed by atoms with Crippen LogP contribution in [0.5, 0.6) is 0 Å². The lowest BCUT2D eigenvalue weighted by Crippen LogP contribution is -2.48. The molecular weight excluding hydrogens is 298 g/mol. The van der Waals surface area contributed by atoms with Crippen LogP contribution in [0.1, 0.15) is 0 Å². The summed E-state index contributed by atoms with van der Waals surface area (Å²) in [6, 6.07) is 1.14. The van der Waals surface area contributed by atoms with E-state index in [0.717, 1.165) is 15.2 Å². The lowest BCUT2D eigenvalue weighted by atomic mass is 10.0. The van der Waals surface area contributed by atoms with Crippen molar-refractivity contribution in [1.82, 2.24) is 9.13 Å². The molecule has 4 atom stereocenters. The highest BCUT2D eigenvalue weighted by Gasteiger charge is 2.29. The third kappa shape index (κ3) is 3.93. The average molecular weight is 319 g/mol. The predicted octanol–water partition coefficient (Wildman–Crippen LogP) is -4.07. The first kappa shape index (κ1) is 18.3. The molecule has 0 aliphatic heterocycles. The first-order valence-electron chi connectivity index (χ1n) is 6.54. The van der Waals surface area contributed by atoms with Crippen LogP contribution in [0.25, 0.3) is 0 Å². The van der Waals surface area contributed by atoms with Crippen LogP contribution in [-0.2, 0) is 14.1 Å². The van der Waals surface area contributed by atoms with Crippen LogP contribution in [0, 0.1) is 0 Å². The number of aliphatic hydroxyl groups is 5. The summed E-state index contributed by atoms with van der Waals surface area (Å²) >= 11 is 0. The Morgan fingerprint density at radius 3 is 2.14 bits per heavy atom. The van der Waals surface area contributed by atoms with E-state index in [9.17, 15) is 30.0 Å². The zero-order chi connectivity index (χ0) is 17.0. The van der Waals surface area contributed by atoms with Crippen LogP contribution in [0.4, 0.5) is 5.82 Å². The number of anilines is 1. The first-order valence-corrected chi connectivity index (χ1v) is 6.54. The van der Waals surface area contributed by atoms with Gasteiger partial charge in [-0.15, -0.1) is 0 Å². The number of aliphatic hydroxyl groups excluding tert-OH is 5. The Morgan fingerprint density at radius 1 is 1.05 bits per heavy atom. The Labute approximate surface area is 125 Å². The molecule has 0 radical (unpaired) electrons. The van der Waals surface area contributed by atoms with Gasteiger partial charge in [0.15, 0.2) is 0 Å². The van der Waals surface area contributed by atoms with Gasteiger partial charge in [-0.2, -0.15) is 0 Å². The van der Waals surface area contributed by atoms with E-state index in [0.29, 0.717) is 0 Å². The Bertz CT molecular complexity index is 612. The molecule has 0 aromatic carbocycles. The second-order valence-corrected chi connectivity index (χ2v) is 4.95. The van der Waals surface area contributed by atoms with Gasteiger partial charge in [-0.3, -0.25) is 13.9 Å². The molecule has 0 amide bonds. The van der Waals surface area contributed by atoms with Gasteiger partial charge in [0.05, 0.1) is 12.7 Å². The number of aromatic nitrogens is 2. The van der Waals surface area contributed by atoms with Crippen LogP contribution < -0.4 is 16.6 Å². The molecule has 0 bridgehead atoms. The molecule has 0 fully saturated rings. The summed E-state index contributed by atoms with van der Waals surface area (Å²) in [6.07, 6.45) is -6.57. The Kier molecular flexibility index (Phi) is 6.26. The van der Waals surface area contributed by atoms with E-state index in [2.05, 4.69) is 5.32 Å². The zero-order valence-corrected chi connectivity index (χ0v) is 12.2. The maximum atomic E-state index is 11.7. The summed E-state index contributed by atoms with van der Waals surface area (Å²) in [5.41, 5.74) is -1.11. The van der Waals surface area contributed by atoms with Crippen LogP contribution in [0.2, 0.25) is 0 Å². The summed E-state index contributed by atoms with van der Waals surface area (Å²) in [6.45, 7) is -1.07. The van der Waals surface area contributed by atoms with Gasteiger partial charge in [0, 0.05) is 26.7 Å². The summed E-state index contributed by atoms with van der Waals surface area (Å²) in [5, 5.41) is 49.3. The molecule has 0 spiro atoms. The van der Waals surface area contributed by atoms with Crippen molar-refractivity contribution in [2.45, 2.75) is 24.4 Å². The topological polar surface area (TPSA) is 157 Å². The number of hydrogen-bond donors (Lipinski definition) is 6. The van der Waals surface area contributed by atoms with Crippen molar-refractivity contribution in [1.29, 1.82) is 0 Å². The minimum atomic E-state index is -1.74. The molecule has 1 aromatic rings. The minimum Gasteiger partial charge on any atom is -0.394 e. The maximum absolute atomic E-state index is 11.7. The molecule has 0 saturated carbocycles. The van der Waals surface area contributed by atoms with E-state index in [1.54, 1.807) is 0 Å². The Morgan fingerprint density at radius 2 is 1.59 bits per heavy atom. The number of hydrogen-bond acceptors (Lipinski definition) is 8. The highest BCUT2D eigenvalue weighted by Crippen LogP contribution is 2.06. The van der Waals surface area contributed by atoms with Crippen molar-refractivity contribution < 1.29 is 25.5 Å². The van der Waals surface area contributed by atoms with Crippen molar-refractivity contribution in [3.05, 3.63) is 26.9 Å². The standard InChI is InChI=1S/C12H21N3O7/c1-14-8(3-9(19)15(2)12(14)22)13-4-6(17)10(20)11(21)7(18)5-16/h3,6-7,10-11,13,16-18,20-21H,4-5H2,1-2H3/t6-,7-,10-,11-/m0/s1. The van der Waals surface area contributed by atoms with Crippen molar-refractivity contribution in [3.8, 4) is 0 Å². The molecule has 22 heavy (non-hydrogen) atoms. The van der Waals surface area contributed by atoms with Gasteiger partial charge in [0.2, 0.25) is 0 Å². The number of nitrogens with zero attached hydrogens (tertiary/aromatic N) is 2. The molecule has 0 aliphatic rings. The van der Waals surface area contributed by atoms with E-state index in [1.807, 2.05) is 0 Å². The molecule has 10 nitrogen and oxygen atoms in total. The largest absolute Gasteiger partial charge is 0.394 e. The van der Waals surface area contributed by atoms with Gasteiger partial charge in [-0.1, -0.05) is 0 Å².